The van der Waals surface area contributed by atoms with E-state index in [0.29, 0.717) is 29.5 Å². The van der Waals surface area contributed by atoms with Crippen LogP contribution < -0.4 is 0 Å². The fraction of sp³-hybridized carbons (Fsp3) is 0.618. The lowest BCUT2D eigenvalue weighted by atomic mass is 9.51. The number of Topliss-reactive ketones (excluding diaryl/α,β-unsaturated/α-hetero) is 1. The van der Waals surface area contributed by atoms with E-state index in [-0.39, 0.29) is 16.9 Å². The Kier molecular flexibility index (Phi) is 8.98. The summed E-state index contributed by atoms with van der Waals surface area (Å²) in [6, 6.07) is 15.9. The lowest BCUT2D eigenvalue weighted by Gasteiger charge is -2.52. The minimum absolute atomic E-state index is 0.0902. The van der Waals surface area contributed by atoms with Gasteiger partial charge in [-0.05, 0) is 92.4 Å². The molecule has 4 nitrogen and oxygen atoms in total. The summed E-state index contributed by atoms with van der Waals surface area (Å²) in [6.07, 6.45) is 14.4. The zero-order chi connectivity index (χ0) is 27.5. The summed E-state index contributed by atoms with van der Waals surface area (Å²) < 4.78 is 29.8. The number of rotatable bonds is 12. The predicted octanol–water partition coefficient (Wildman–Crippen LogP) is 8.17. The zero-order valence-electron chi connectivity index (χ0n) is 23.9. The van der Waals surface area contributed by atoms with Crippen LogP contribution in [0.3, 0.4) is 0 Å². The monoisotopic (exact) mass is 550 g/mol. The highest BCUT2D eigenvalue weighted by Gasteiger charge is 2.57. The molecule has 2 aromatic carbocycles. The van der Waals surface area contributed by atoms with Gasteiger partial charge in [0.25, 0.3) is 10.1 Å². The quantitative estimate of drug-likeness (QED) is 0.197. The molecular formula is C34H46O4S. The summed E-state index contributed by atoms with van der Waals surface area (Å²) in [5.74, 6) is 3.04. The third-order valence-electron chi connectivity index (χ3n) is 10.2. The van der Waals surface area contributed by atoms with Crippen molar-refractivity contribution in [3.8, 4) is 0 Å². The van der Waals surface area contributed by atoms with Gasteiger partial charge < -0.3 is 0 Å². The number of ketones is 1. The Morgan fingerprint density at radius 2 is 1.56 bits per heavy atom. The molecule has 0 saturated heterocycles. The Hall–Kier alpha value is -1.98. The van der Waals surface area contributed by atoms with Crippen LogP contribution in [0.2, 0.25) is 0 Å². The standard InChI is InChI=1S/C34H46O4S/c1-25-15-18-28(19-16-25)39(36,37)38-23-11-7-5-3-4-6-8-13-27-24-34(2)31(21-22-32(34)35)30-20-17-26-12-9-10-14-29(26)33(27)30/h9-10,12,14-16,18-19,27,30-31,33H,3-8,11,13,17,20-24H2,1-2H3/t27-,30-,31-,33+,34-/m0/s1. The maximum Gasteiger partial charge on any atom is 0.296 e. The molecule has 5 heteroatoms. The first-order valence-corrected chi connectivity index (χ1v) is 16.8. The maximum absolute atomic E-state index is 13.0. The normalized spacial score (nSPS) is 28.1. The van der Waals surface area contributed by atoms with Crippen LogP contribution >= 0.6 is 0 Å². The van der Waals surface area contributed by atoms with E-state index in [0.717, 1.165) is 44.1 Å². The van der Waals surface area contributed by atoms with Gasteiger partial charge in [-0.25, -0.2) is 0 Å². The molecule has 0 aromatic heterocycles. The van der Waals surface area contributed by atoms with Gasteiger partial charge in [0.15, 0.2) is 0 Å². The summed E-state index contributed by atoms with van der Waals surface area (Å²) in [5.41, 5.74) is 4.08. The number of carbonyl (C=O) groups excluding carboxylic acids is 1. The van der Waals surface area contributed by atoms with E-state index >= 15 is 0 Å². The molecule has 2 saturated carbocycles. The van der Waals surface area contributed by atoms with E-state index < -0.39 is 10.1 Å². The van der Waals surface area contributed by atoms with Crippen molar-refractivity contribution in [2.45, 2.75) is 108 Å². The molecule has 0 heterocycles. The van der Waals surface area contributed by atoms with Crippen LogP contribution in [0.1, 0.15) is 107 Å². The number of fused-ring (bicyclic) bond motifs is 5. The Balaban J connectivity index is 1.04. The third kappa shape index (κ3) is 6.20. The van der Waals surface area contributed by atoms with Crippen molar-refractivity contribution in [2.24, 2.45) is 23.2 Å². The SMILES string of the molecule is Cc1ccc(S(=O)(=O)OCCCCCCCCC[C@H]2C[C@]3(C)C(=O)CC[C@H]3[C@@H]3CCc4ccccc4[C@@H]23)cc1. The summed E-state index contributed by atoms with van der Waals surface area (Å²) in [4.78, 5) is 13.2. The number of unbranched alkanes of at least 4 members (excludes halogenated alkanes) is 6. The minimum Gasteiger partial charge on any atom is -0.299 e. The van der Waals surface area contributed by atoms with E-state index in [4.69, 9.17) is 4.18 Å². The van der Waals surface area contributed by atoms with Crippen molar-refractivity contribution in [2.75, 3.05) is 6.61 Å². The van der Waals surface area contributed by atoms with Crippen LogP contribution in [-0.4, -0.2) is 20.8 Å². The van der Waals surface area contributed by atoms with Crippen molar-refractivity contribution in [1.29, 1.82) is 0 Å². The highest BCUT2D eigenvalue weighted by molar-refractivity contribution is 7.86. The molecule has 3 aliphatic carbocycles. The molecule has 0 N–H and O–H groups in total. The summed E-state index contributed by atoms with van der Waals surface area (Å²) in [5, 5.41) is 0. The van der Waals surface area contributed by atoms with Gasteiger partial charge in [-0.1, -0.05) is 87.4 Å². The van der Waals surface area contributed by atoms with E-state index in [1.807, 2.05) is 6.92 Å². The largest absolute Gasteiger partial charge is 0.299 e. The molecular weight excluding hydrogens is 504 g/mol. The van der Waals surface area contributed by atoms with Gasteiger partial charge in [0.1, 0.15) is 5.78 Å². The van der Waals surface area contributed by atoms with Crippen LogP contribution in [0.25, 0.3) is 0 Å². The van der Waals surface area contributed by atoms with Crippen LogP contribution in [0, 0.1) is 30.1 Å². The molecule has 0 radical (unpaired) electrons. The number of aryl methyl sites for hydroxylation is 2. The molecule has 212 valence electrons. The lowest BCUT2D eigenvalue weighted by molar-refractivity contribution is -0.131. The third-order valence-corrected chi connectivity index (χ3v) is 11.6. The molecule has 39 heavy (non-hydrogen) atoms. The van der Waals surface area contributed by atoms with Gasteiger partial charge in [-0.3, -0.25) is 8.98 Å². The number of hydrogen-bond acceptors (Lipinski definition) is 4. The molecule has 5 atom stereocenters. The molecule has 0 spiro atoms. The molecule has 2 aromatic rings. The molecule has 5 rings (SSSR count). The Morgan fingerprint density at radius 3 is 2.33 bits per heavy atom. The molecule has 3 aliphatic rings. The van der Waals surface area contributed by atoms with Gasteiger partial charge in [0.2, 0.25) is 0 Å². The van der Waals surface area contributed by atoms with Crippen molar-refractivity contribution in [3.63, 3.8) is 0 Å². The first kappa shape index (κ1) is 28.5. The Morgan fingerprint density at radius 1 is 0.872 bits per heavy atom. The number of benzene rings is 2. The average Bonchev–Trinajstić information content (AvgIpc) is 3.23. The van der Waals surface area contributed by atoms with Crippen molar-refractivity contribution >= 4 is 15.9 Å². The van der Waals surface area contributed by atoms with Gasteiger partial charge in [0.05, 0.1) is 11.5 Å². The highest BCUT2D eigenvalue weighted by Crippen LogP contribution is 2.62. The fourth-order valence-corrected chi connectivity index (χ4v) is 9.15. The van der Waals surface area contributed by atoms with E-state index in [2.05, 4.69) is 31.2 Å². The second-order valence-electron chi connectivity index (χ2n) is 12.7. The van der Waals surface area contributed by atoms with Crippen LogP contribution in [0.4, 0.5) is 0 Å². The summed E-state index contributed by atoms with van der Waals surface area (Å²) in [6.45, 7) is 4.48. The number of carbonyl (C=O) groups is 1. The fourth-order valence-electron chi connectivity index (χ4n) is 8.21. The van der Waals surface area contributed by atoms with Gasteiger partial charge in [0, 0.05) is 11.8 Å². The predicted molar refractivity (Wildman–Crippen MR) is 156 cm³/mol. The zero-order valence-corrected chi connectivity index (χ0v) is 24.7. The molecule has 0 bridgehead atoms. The van der Waals surface area contributed by atoms with Crippen LogP contribution in [0.15, 0.2) is 53.4 Å². The lowest BCUT2D eigenvalue weighted by Crippen LogP contribution is -2.46. The van der Waals surface area contributed by atoms with Crippen molar-refractivity contribution < 1.29 is 17.4 Å². The van der Waals surface area contributed by atoms with Gasteiger partial charge in [-0.15, -0.1) is 0 Å². The molecule has 0 unspecified atom stereocenters. The van der Waals surface area contributed by atoms with E-state index in [1.165, 1.54) is 44.9 Å². The van der Waals surface area contributed by atoms with Crippen LogP contribution in [-0.2, 0) is 25.5 Å². The van der Waals surface area contributed by atoms with Crippen LogP contribution in [0.5, 0.6) is 0 Å². The average molecular weight is 551 g/mol. The Bertz CT molecular complexity index is 1230. The summed E-state index contributed by atoms with van der Waals surface area (Å²) >= 11 is 0. The first-order valence-electron chi connectivity index (χ1n) is 15.4. The Labute approximate surface area is 236 Å². The first-order chi connectivity index (χ1) is 18.8. The van der Waals surface area contributed by atoms with Crippen molar-refractivity contribution in [3.05, 3.63) is 65.2 Å². The molecule has 2 fully saturated rings. The minimum atomic E-state index is -3.65. The second-order valence-corrected chi connectivity index (χ2v) is 14.3. The second kappa shape index (κ2) is 12.3. The van der Waals surface area contributed by atoms with Gasteiger partial charge >= 0.3 is 0 Å². The number of hydrogen-bond donors (Lipinski definition) is 0. The topological polar surface area (TPSA) is 60.4 Å². The molecule has 0 amide bonds. The summed E-state index contributed by atoms with van der Waals surface area (Å²) in [7, 11) is -3.65. The molecule has 0 aliphatic heterocycles. The smallest absolute Gasteiger partial charge is 0.296 e. The van der Waals surface area contributed by atoms with Crippen molar-refractivity contribution in [1.82, 2.24) is 0 Å². The van der Waals surface area contributed by atoms with Gasteiger partial charge in [-0.2, -0.15) is 8.42 Å². The van der Waals surface area contributed by atoms with E-state index in [9.17, 15) is 13.2 Å². The van der Waals surface area contributed by atoms with E-state index in [1.54, 1.807) is 35.4 Å². The maximum atomic E-state index is 13.0. The highest BCUT2D eigenvalue weighted by atomic mass is 32.2.